The average molecular weight is 446 g/mol. The molecular weight excluding hydrogens is 425 g/mol. The van der Waals surface area contributed by atoms with Gasteiger partial charge in [0, 0.05) is 12.2 Å². The summed E-state index contributed by atoms with van der Waals surface area (Å²) in [5.41, 5.74) is 1.42. The number of nitrogens with zero attached hydrogens (tertiary/aromatic N) is 3. The first kappa shape index (κ1) is 21.8. The summed E-state index contributed by atoms with van der Waals surface area (Å²) in [6, 6.07) is 7.23. The lowest BCUT2D eigenvalue weighted by Crippen LogP contribution is -2.35. The molecule has 11 heteroatoms. The number of ether oxygens (including phenoxy) is 1. The molecule has 3 N–H and O–H groups in total. The predicted molar refractivity (Wildman–Crippen MR) is 112 cm³/mol. The van der Waals surface area contributed by atoms with Crippen LogP contribution in [0.4, 0.5) is 13.2 Å². The van der Waals surface area contributed by atoms with Gasteiger partial charge in [-0.05, 0) is 56.3 Å². The third-order valence-electron chi connectivity index (χ3n) is 5.42. The van der Waals surface area contributed by atoms with Crippen LogP contribution in [0.25, 0.3) is 11.0 Å². The molecule has 0 amide bonds. The van der Waals surface area contributed by atoms with Crippen molar-refractivity contribution in [2.24, 2.45) is 0 Å². The van der Waals surface area contributed by atoms with Gasteiger partial charge >= 0.3 is 12.1 Å². The summed E-state index contributed by atoms with van der Waals surface area (Å²) >= 11 is 0. The van der Waals surface area contributed by atoms with Crippen LogP contribution >= 0.6 is 0 Å². The number of halogens is 3. The van der Waals surface area contributed by atoms with Crippen molar-refractivity contribution in [3.05, 3.63) is 64.1 Å². The van der Waals surface area contributed by atoms with Crippen molar-refractivity contribution in [2.45, 2.75) is 31.9 Å². The Morgan fingerprint density at radius 3 is 2.59 bits per heavy atom. The first-order valence-electron chi connectivity index (χ1n) is 10.0. The Morgan fingerprint density at radius 2 is 1.94 bits per heavy atom. The number of fused-ring (bicyclic) bond motifs is 1. The molecule has 1 aliphatic heterocycles. The fourth-order valence-electron chi connectivity index (χ4n) is 3.85. The molecule has 0 radical (unpaired) electrons. The minimum atomic E-state index is -3.12. The van der Waals surface area contributed by atoms with Gasteiger partial charge in [0.25, 0.3) is 5.90 Å². The third-order valence-corrected chi connectivity index (χ3v) is 5.42. The highest BCUT2D eigenvalue weighted by atomic mass is 19.3. The SMILES string of the molecule is N=C(OC(=N)C(F)F)c1ccc(Cn2c(=O)n(C3CCNCC3)c3ccc(F)cc32)nc1. The minimum absolute atomic E-state index is 0.0103. The quantitative estimate of drug-likeness (QED) is 0.414. The van der Waals surface area contributed by atoms with E-state index in [1.807, 2.05) is 0 Å². The second-order valence-electron chi connectivity index (χ2n) is 7.49. The van der Waals surface area contributed by atoms with E-state index in [0.717, 1.165) is 25.9 Å². The number of benzene rings is 1. The number of imidazole rings is 1. The predicted octanol–water partition coefficient (Wildman–Crippen LogP) is 2.89. The topological polar surface area (TPSA) is 109 Å². The molecule has 0 aliphatic carbocycles. The highest BCUT2D eigenvalue weighted by Gasteiger charge is 2.23. The van der Waals surface area contributed by atoms with Crippen LogP contribution in [-0.4, -0.2) is 45.4 Å². The van der Waals surface area contributed by atoms with E-state index >= 15 is 0 Å². The molecule has 3 heterocycles. The van der Waals surface area contributed by atoms with Gasteiger partial charge in [-0.25, -0.2) is 9.18 Å². The molecule has 8 nitrogen and oxygen atoms in total. The van der Waals surface area contributed by atoms with E-state index < -0.39 is 24.0 Å². The fraction of sp³-hybridized carbons (Fsp3) is 0.333. The normalized spacial score (nSPS) is 14.8. The number of aromatic nitrogens is 3. The largest absolute Gasteiger partial charge is 0.419 e. The summed E-state index contributed by atoms with van der Waals surface area (Å²) in [7, 11) is 0. The molecular formula is C21H21F3N6O2. The number of hydrogen-bond donors (Lipinski definition) is 3. The Hall–Kier alpha value is -3.47. The molecule has 3 aromatic rings. The molecule has 0 spiro atoms. The summed E-state index contributed by atoms with van der Waals surface area (Å²) < 4.78 is 46.5. The lowest BCUT2D eigenvalue weighted by atomic mass is 10.1. The molecule has 0 saturated carbocycles. The van der Waals surface area contributed by atoms with Crippen molar-refractivity contribution in [2.75, 3.05) is 13.1 Å². The second kappa shape index (κ2) is 8.95. The summed E-state index contributed by atoms with van der Waals surface area (Å²) in [5.74, 6) is -2.40. The molecule has 0 unspecified atom stereocenters. The zero-order valence-electron chi connectivity index (χ0n) is 16.9. The van der Waals surface area contributed by atoms with Crippen molar-refractivity contribution < 1.29 is 17.9 Å². The smallest absolute Gasteiger partial charge is 0.329 e. The number of rotatable bonds is 5. The van der Waals surface area contributed by atoms with E-state index in [4.69, 9.17) is 10.8 Å². The molecule has 2 aromatic heterocycles. The molecule has 0 bridgehead atoms. The molecule has 1 fully saturated rings. The summed E-state index contributed by atoms with van der Waals surface area (Å²) in [6.07, 6.45) is -0.293. The Balaban J connectivity index is 1.64. The van der Waals surface area contributed by atoms with Crippen LogP contribution in [0.15, 0.2) is 41.3 Å². The van der Waals surface area contributed by atoms with E-state index in [0.29, 0.717) is 16.7 Å². The Bertz CT molecular complexity index is 1210. The first-order valence-corrected chi connectivity index (χ1v) is 10.0. The number of piperidine rings is 1. The van der Waals surface area contributed by atoms with Crippen LogP contribution in [0.2, 0.25) is 0 Å². The Morgan fingerprint density at radius 1 is 1.19 bits per heavy atom. The van der Waals surface area contributed by atoms with E-state index in [1.54, 1.807) is 10.6 Å². The highest BCUT2D eigenvalue weighted by molar-refractivity contribution is 5.99. The van der Waals surface area contributed by atoms with Gasteiger partial charge < -0.3 is 10.1 Å². The van der Waals surface area contributed by atoms with Gasteiger partial charge in [-0.1, -0.05) is 0 Å². The molecule has 1 saturated heterocycles. The zero-order valence-corrected chi connectivity index (χ0v) is 16.9. The van der Waals surface area contributed by atoms with E-state index in [9.17, 15) is 18.0 Å². The van der Waals surface area contributed by atoms with E-state index in [-0.39, 0.29) is 23.8 Å². The maximum Gasteiger partial charge on any atom is 0.329 e. The zero-order chi connectivity index (χ0) is 22.8. The Labute approximate surface area is 180 Å². The van der Waals surface area contributed by atoms with Crippen molar-refractivity contribution in [3.63, 3.8) is 0 Å². The molecule has 1 aromatic carbocycles. The standard InChI is InChI=1S/C21H21F3N6O2/c22-13-2-4-16-17(9-13)29(21(31)30(16)15-5-7-27-8-6-15)11-14-3-1-12(10-28-14)19(25)32-20(26)18(23)24/h1-4,9-10,15,18,25-27H,5-8,11H2. The lowest BCUT2D eigenvalue weighted by molar-refractivity contribution is 0.197. The van der Waals surface area contributed by atoms with Crippen LogP contribution in [-0.2, 0) is 11.3 Å². The Kier molecular flexibility index (Phi) is 6.08. The summed E-state index contributed by atoms with van der Waals surface area (Å²) in [4.78, 5) is 17.5. The monoisotopic (exact) mass is 446 g/mol. The van der Waals surface area contributed by atoms with Crippen molar-refractivity contribution >= 4 is 22.8 Å². The van der Waals surface area contributed by atoms with Gasteiger partial charge in [0.05, 0.1) is 28.8 Å². The minimum Gasteiger partial charge on any atom is -0.419 e. The van der Waals surface area contributed by atoms with Crippen molar-refractivity contribution in [3.8, 4) is 0 Å². The maximum atomic E-state index is 14.0. The number of nitrogens with one attached hydrogen (secondary N) is 3. The first-order chi connectivity index (χ1) is 15.3. The summed E-state index contributed by atoms with van der Waals surface area (Å²) in [6.45, 7) is 1.66. The average Bonchev–Trinajstić information content (AvgIpc) is 3.05. The fourth-order valence-corrected chi connectivity index (χ4v) is 3.85. The van der Waals surface area contributed by atoms with Gasteiger partial charge in [-0.3, -0.25) is 24.9 Å². The molecule has 32 heavy (non-hydrogen) atoms. The maximum absolute atomic E-state index is 14.0. The van der Waals surface area contributed by atoms with Gasteiger partial charge in [0.1, 0.15) is 5.82 Å². The number of alkyl halides is 2. The van der Waals surface area contributed by atoms with Gasteiger partial charge in [-0.2, -0.15) is 8.78 Å². The molecule has 4 rings (SSSR count). The van der Waals surface area contributed by atoms with Gasteiger partial charge in [-0.15, -0.1) is 0 Å². The van der Waals surface area contributed by atoms with Gasteiger partial charge in [0.15, 0.2) is 0 Å². The number of pyridine rings is 1. The molecule has 1 aliphatic rings. The van der Waals surface area contributed by atoms with Crippen LogP contribution in [0.1, 0.15) is 30.1 Å². The van der Waals surface area contributed by atoms with Crippen LogP contribution in [0, 0.1) is 16.6 Å². The lowest BCUT2D eigenvalue weighted by Gasteiger charge is -2.23. The molecule has 168 valence electrons. The van der Waals surface area contributed by atoms with E-state index in [1.165, 1.54) is 35.0 Å². The van der Waals surface area contributed by atoms with E-state index in [2.05, 4.69) is 15.0 Å². The third kappa shape index (κ3) is 4.28. The van der Waals surface area contributed by atoms with Crippen LogP contribution < -0.4 is 11.0 Å². The number of hydrogen-bond acceptors (Lipinski definition) is 6. The van der Waals surface area contributed by atoms with Crippen molar-refractivity contribution in [1.29, 1.82) is 10.8 Å². The van der Waals surface area contributed by atoms with Crippen LogP contribution in [0.5, 0.6) is 0 Å². The summed E-state index contributed by atoms with van der Waals surface area (Å²) in [5, 5.41) is 18.0. The van der Waals surface area contributed by atoms with Crippen LogP contribution in [0.3, 0.4) is 0 Å². The van der Waals surface area contributed by atoms with Crippen molar-refractivity contribution in [1.82, 2.24) is 19.4 Å². The molecule has 0 atom stereocenters. The highest BCUT2D eigenvalue weighted by Crippen LogP contribution is 2.24. The van der Waals surface area contributed by atoms with Gasteiger partial charge in [0.2, 0.25) is 5.90 Å². The second-order valence-corrected chi connectivity index (χ2v) is 7.49.